The highest BCUT2D eigenvalue weighted by Crippen LogP contribution is 2.35. The summed E-state index contributed by atoms with van der Waals surface area (Å²) >= 11 is 12.3. The topological polar surface area (TPSA) is 34.1 Å². The van der Waals surface area contributed by atoms with Crippen molar-refractivity contribution >= 4 is 44.4 Å². The number of rotatable bonds is 2. The van der Waals surface area contributed by atoms with Crippen molar-refractivity contribution in [3.63, 3.8) is 0 Å². The summed E-state index contributed by atoms with van der Waals surface area (Å²) in [5.41, 5.74) is 0. The zero-order valence-electron chi connectivity index (χ0n) is 7.04. The molecule has 6 heteroatoms. The van der Waals surface area contributed by atoms with E-state index in [1.54, 1.807) is 13.8 Å². The summed E-state index contributed by atoms with van der Waals surface area (Å²) in [4.78, 5) is 0. The molecule has 0 saturated carbocycles. The van der Waals surface area contributed by atoms with Gasteiger partial charge in [-0.1, -0.05) is 23.2 Å². The van der Waals surface area contributed by atoms with E-state index in [-0.39, 0.29) is 4.21 Å². The van der Waals surface area contributed by atoms with Crippen LogP contribution < -0.4 is 0 Å². The molecule has 13 heavy (non-hydrogen) atoms. The fourth-order valence-corrected chi connectivity index (χ4v) is 4.04. The second kappa shape index (κ2) is 3.77. The van der Waals surface area contributed by atoms with Crippen LogP contribution >= 0.6 is 34.5 Å². The molecule has 1 aromatic heterocycles. The minimum Gasteiger partial charge on any atom is -0.223 e. The maximum Gasteiger partial charge on any atom is 0.190 e. The van der Waals surface area contributed by atoms with Crippen LogP contribution in [0.2, 0.25) is 9.36 Å². The van der Waals surface area contributed by atoms with E-state index >= 15 is 0 Å². The van der Waals surface area contributed by atoms with E-state index < -0.39 is 15.1 Å². The highest BCUT2D eigenvalue weighted by molar-refractivity contribution is 7.94. The van der Waals surface area contributed by atoms with Gasteiger partial charge in [0.05, 0.1) is 10.3 Å². The zero-order valence-corrected chi connectivity index (χ0v) is 10.2. The molecule has 0 N–H and O–H groups in total. The third-order valence-corrected chi connectivity index (χ3v) is 6.05. The lowest BCUT2D eigenvalue weighted by molar-refractivity contribution is 0.589. The highest BCUT2D eigenvalue weighted by atomic mass is 35.5. The van der Waals surface area contributed by atoms with Crippen molar-refractivity contribution in [1.82, 2.24) is 0 Å². The summed E-state index contributed by atoms with van der Waals surface area (Å²) in [7, 11) is -3.23. The first-order valence-corrected chi connectivity index (χ1v) is 6.66. The summed E-state index contributed by atoms with van der Waals surface area (Å²) in [6.07, 6.45) is 0. The Morgan fingerprint density at radius 1 is 1.38 bits per heavy atom. The van der Waals surface area contributed by atoms with Gasteiger partial charge in [0.15, 0.2) is 9.84 Å². The van der Waals surface area contributed by atoms with Crippen LogP contribution in [0.4, 0.5) is 0 Å². The fraction of sp³-hybridized carbons (Fsp3) is 0.429. The van der Waals surface area contributed by atoms with E-state index in [2.05, 4.69) is 0 Å². The molecule has 0 unspecified atom stereocenters. The summed E-state index contributed by atoms with van der Waals surface area (Å²) < 4.78 is 23.7. The van der Waals surface area contributed by atoms with Crippen LogP contribution in [-0.4, -0.2) is 13.7 Å². The highest BCUT2D eigenvalue weighted by Gasteiger charge is 2.22. The monoisotopic (exact) mass is 258 g/mol. The van der Waals surface area contributed by atoms with Gasteiger partial charge in [-0.25, -0.2) is 8.42 Å². The molecule has 1 rings (SSSR count). The SMILES string of the molecule is CC(C)S(=O)(=O)c1cc(Cl)c(Cl)s1. The molecular weight excluding hydrogens is 251 g/mol. The molecule has 0 spiro atoms. The summed E-state index contributed by atoms with van der Waals surface area (Å²) in [5.74, 6) is 0. The van der Waals surface area contributed by atoms with Crippen molar-refractivity contribution in [3.05, 3.63) is 15.4 Å². The lowest BCUT2D eigenvalue weighted by Crippen LogP contribution is -2.12. The molecular formula is C7H8Cl2O2S2. The normalized spacial score (nSPS) is 12.4. The lowest BCUT2D eigenvalue weighted by Gasteiger charge is -2.03. The van der Waals surface area contributed by atoms with Crippen molar-refractivity contribution in [1.29, 1.82) is 0 Å². The largest absolute Gasteiger partial charge is 0.223 e. The first-order valence-electron chi connectivity index (χ1n) is 3.54. The summed E-state index contributed by atoms with van der Waals surface area (Å²) in [6.45, 7) is 3.24. The van der Waals surface area contributed by atoms with Crippen molar-refractivity contribution in [3.8, 4) is 0 Å². The quantitative estimate of drug-likeness (QED) is 0.817. The molecule has 0 aliphatic carbocycles. The van der Waals surface area contributed by atoms with Crippen LogP contribution in [0.3, 0.4) is 0 Å². The van der Waals surface area contributed by atoms with Crippen molar-refractivity contribution in [2.24, 2.45) is 0 Å². The molecule has 0 bridgehead atoms. The van der Waals surface area contributed by atoms with Crippen LogP contribution in [0.5, 0.6) is 0 Å². The van der Waals surface area contributed by atoms with Crippen LogP contribution in [0, 0.1) is 0 Å². The maximum atomic E-state index is 11.6. The Labute approximate surface area is 91.4 Å². The molecule has 0 amide bonds. The fourth-order valence-electron chi connectivity index (χ4n) is 0.699. The molecule has 0 aliphatic rings. The zero-order chi connectivity index (χ0) is 10.2. The Morgan fingerprint density at radius 3 is 2.23 bits per heavy atom. The van der Waals surface area contributed by atoms with Gasteiger partial charge in [-0.2, -0.15) is 0 Å². The van der Waals surface area contributed by atoms with Gasteiger partial charge in [0.25, 0.3) is 0 Å². The number of sulfone groups is 1. The van der Waals surface area contributed by atoms with Crippen molar-refractivity contribution < 1.29 is 8.42 Å². The molecule has 0 fully saturated rings. The molecule has 74 valence electrons. The number of hydrogen-bond acceptors (Lipinski definition) is 3. The minimum absolute atomic E-state index is 0.234. The third kappa shape index (κ3) is 2.18. The first kappa shape index (κ1) is 11.3. The predicted molar refractivity (Wildman–Crippen MR) is 56.7 cm³/mol. The molecule has 0 radical (unpaired) electrons. The van der Waals surface area contributed by atoms with E-state index in [9.17, 15) is 8.42 Å². The van der Waals surface area contributed by atoms with Crippen LogP contribution in [0.25, 0.3) is 0 Å². The van der Waals surface area contributed by atoms with E-state index in [1.165, 1.54) is 6.07 Å². The average molecular weight is 259 g/mol. The van der Waals surface area contributed by atoms with Crippen molar-refractivity contribution in [2.45, 2.75) is 23.3 Å². The van der Waals surface area contributed by atoms with Crippen LogP contribution in [-0.2, 0) is 9.84 Å². The van der Waals surface area contributed by atoms with E-state index in [1.807, 2.05) is 0 Å². The Balaban J connectivity index is 3.24. The molecule has 0 aromatic carbocycles. The van der Waals surface area contributed by atoms with Gasteiger partial charge in [0, 0.05) is 0 Å². The molecule has 2 nitrogen and oxygen atoms in total. The Kier molecular flexibility index (Phi) is 3.28. The molecule has 0 atom stereocenters. The van der Waals surface area contributed by atoms with Gasteiger partial charge in [-0.05, 0) is 19.9 Å². The van der Waals surface area contributed by atoms with Gasteiger partial charge in [0.2, 0.25) is 0 Å². The third-order valence-electron chi connectivity index (χ3n) is 1.52. The maximum absolute atomic E-state index is 11.6. The van der Waals surface area contributed by atoms with Crippen LogP contribution in [0.1, 0.15) is 13.8 Å². The average Bonchev–Trinajstić information content (AvgIpc) is 2.32. The minimum atomic E-state index is -3.23. The van der Waals surface area contributed by atoms with E-state index in [0.717, 1.165) is 11.3 Å². The second-order valence-electron chi connectivity index (χ2n) is 2.78. The number of halogens is 2. The Bertz CT molecular complexity index is 387. The van der Waals surface area contributed by atoms with Gasteiger partial charge in [0.1, 0.15) is 8.55 Å². The summed E-state index contributed by atoms with van der Waals surface area (Å²) in [6, 6.07) is 1.39. The Morgan fingerprint density at radius 2 is 1.92 bits per heavy atom. The summed E-state index contributed by atoms with van der Waals surface area (Å²) in [5, 5.41) is -0.149. The number of hydrogen-bond donors (Lipinski definition) is 0. The second-order valence-corrected chi connectivity index (χ2v) is 7.57. The molecule has 1 aromatic rings. The van der Waals surface area contributed by atoms with Gasteiger partial charge < -0.3 is 0 Å². The van der Waals surface area contributed by atoms with E-state index in [0.29, 0.717) is 9.36 Å². The van der Waals surface area contributed by atoms with E-state index in [4.69, 9.17) is 23.2 Å². The number of thiophene rings is 1. The molecule has 0 saturated heterocycles. The van der Waals surface area contributed by atoms with Crippen LogP contribution in [0.15, 0.2) is 10.3 Å². The van der Waals surface area contributed by atoms with Gasteiger partial charge >= 0.3 is 0 Å². The van der Waals surface area contributed by atoms with Gasteiger partial charge in [-0.3, -0.25) is 0 Å². The predicted octanol–water partition coefficient (Wildman–Crippen LogP) is 3.24. The first-order chi connectivity index (χ1) is 5.85. The van der Waals surface area contributed by atoms with Crippen molar-refractivity contribution in [2.75, 3.05) is 0 Å². The van der Waals surface area contributed by atoms with Gasteiger partial charge in [-0.15, -0.1) is 11.3 Å². The Hall–Kier alpha value is 0.230. The molecule has 0 aliphatic heterocycles. The standard InChI is InChI=1S/C7H8Cl2O2S2/c1-4(2)13(10,11)6-3-5(8)7(9)12-6/h3-4H,1-2H3. The molecule has 1 heterocycles. The smallest absolute Gasteiger partial charge is 0.190 e. The lowest BCUT2D eigenvalue weighted by atomic mass is 10.6.